The van der Waals surface area contributed by atoms with Gasteiger partial charge in [0.2, 0.25) is 0 Å². The van der Waals surface area contributed by atoms with E-state index in [1.807, 2.05) is 24.4 Å². The molecule has 0 aliphatic rings. The summed E-state index contributed by atoms with van der Waals surface area (Å²) in [6.45, 7) is 1.70. The molecule has 0 atom stereocenters. The quantitative estimate of drug-likeness (QED) is 0.767. The van der Waals surface area contributed by atoms with E-state index >= 15 is 0 Å². The Labute approximate surface area is 130 Å². The lowest BCUT2D eigenvalue weighted by atomic mass is 10.1. The predicted octanol–water partition coefficient (Wildman–Crippen LogP) is 3.75. The highest BCUT2D eigenvalue weighted by atomic mass is 32.1. The van der Waals surface area contributed by atoms with Gasteiger partial charge in [-0.15, -0.1) is 11.3 Å². The Bertz CT molecular complexity index is 902. The lowest BCUT2D eigenvalue weighted by Gasteiger charge is -1.99. The Hall–Kier alpha value is -2.65. The smallest absolute Gasteiger partial charge is 0.347 e. The fourth-order valence-electron chi connectivity index (χ4n) is 2.43. The number of nitrogens with zero attached hydrogens (tertiary/aromatic N) is 2. The van der Waals surface area contributed by atoms with Crippen LogP contribution in [0.5, 0.6) is 0 Å². The number of carbonyl (C=O) groups is 1. The normalized spacial score (nSPS) is 10.7. The van der Waals surface area contributed by atoms with Crippen LogP contribution in [0.2, 0.25) is 0 Å². The molecule has 0 aliphatic heterocycles. The Kier molecular flexibility index (Phi) is 3.65. The first-order chi connectivity index (χ1) is 10.6. The van der Waals surface area contributed by atoms with E-state index in [0.29, 0.717) is 23.5 Å². The van der Waals surface area contributed by atoms with Crippen molar-refractivity contribution in [3.05, 3.63) is 40.5 Å². The van der Waals surface area contributed by atoms with Gasteiger partial charge in [0.05, 0.1) is 11.8 Å². The number of rotatable bonds is 4. The van der Waals surface area contributed by atoms with Gasteiger partial charge in [-0.3, -0.25) is 0 Å². The molecule has 0 radical (unpaired) electrons. The molecule has 0 saturated carbocycles. The second kappa shape index (κ2) is 5.62. The number of carboxylic acids is 1. The Balaban J connectivity index is 2.06. The van der Waals surface area contributed by atoms with Crippen LogP contribution in [-0.4, -0.2) is 21.0 Å². The molecule has 0 spiro atoms. The van der Waals surface area contributed by atoms with E-state index in [2.05, 4.69) is 16.0 Å². The number of fused-ring (bicyclic) bond motifs is 1. The zero-order valence-corrected chi connectivity index (χ0v) is 12.7. The van der Waals surface area contributed by atoms with Crippen LogP contribution >= 0.6 is 11.3 Å². The van der Waals surface area contributed by atoms with E-state index in [1.54, 1.807) is 6.92 Å². The van der Waals surface area contributed by atoms with Crippen LogP contribution in [0.3, 0.4) is 0 Å². The van der Waals surface area contributed by atoms with Gasteiger partial charge in [-0.1, -0.05) is 0 Å². The molecule has 22 heavy (non-hydrogen) atoms. The average molecular weight is 311 g/mol. The molecule has 2 N–H and O–H groups in total. The number of thiazole rings is 1. The fourth-order valence-corrected chi connectivity index (χ4v) is 3.33. The number of nitriles is 1. The summed E-state index contributed by atoms with van der Waals surface area (Å²) < 4.78 is 0. The highest BCUT2D eigenvalue weighted by Crippen LogP contribution is 2.31. The molecule has 3 aromatic rings. The van der Waals surface area contributed by atoms with Crippen molar-refractivity contribution in [1.29, 1.82) is 5.26 Å². The third kappa shape index (κ3) is 2.47. The van der Waals surface area contributed by atoms with Gasteiger partial charge in [-0.05, 0) is 37.1 Å². The molecule has 5 nitrogen and oxygen atoms in total. The summed E-state index contributed by atoms with van der Waals surface area (Å²) in [5.41, 5.74) is 3.52. The first-order valence-electron chi connectivity index (χ1n) is 6.78. The lowest BCUT2D eigenvalue weighted by molar-refractivity contribution is 0.0701. The monoisotopic (exact) mass is 311 g/mol. The maximum atomic E-state index is 11.1. The summed E-state index contributed by atoms with van der Waals surface area (Å²) >= 11 is 1.18. The third-order valence-electron chi connectivity index (χ3n) is 3.51. The van der Waals surface area contributed by atoms with E-state index in [9.17, 15) is 4.79 Å². The summed E-state index contributed by atoms with van der Waals surface area (Å²) in [6, 6.07) is 8.04. The molecule has 2 heterocycles. The van der Waals surface area contributed by atoms with E-state index in [1.165, 1.54) is 11.3 Å². The molecule has 1 aromatic carbocycles. The predicted molar refractivity (Wildman–Crippen MR) is 85.0 cm³/mol. The Morgan fingerprint density at radius 1 is 1.50 bits per heavy atom. The van der Waals surface area contributed by atoms with Crippen molar-refractivity contribution < 1.29 is 9.90 Å². The number of aryl methyl sites for hydroxylation is 2. The number of carboxylic acid groups (broad SMARTS) is 1. The molecule has 0 amide bonds. The highest BCUT2D eigenvalue weighted by molar-refractivity contribution is 7.17. The summed E-state index contributed by atoms with van der Waals surface area (Å²) in [6.07, 6.45) is 3.08. The molecular weight excluding hydrogens is 298 g/mol. The first kappa shape index (κ1) is 14.3. The van der Waals surface area contributed by atoms with Crippen LogP contribution in [0.15, 0.2) is 24.4 Å². The molecule has 110 valence electrons. The number of H-pyrrole nitrogens is 1. The van der Waals surface area contributed by atoms with Crippen molar-refractivity contribution in [1.82, 2.24) is 9.97 Å². The van der Waals surface area contributed by atoms with Gasteiger partial charge in [-0.2, -0.15) is 5.26 Å². The number of benzene rings is 1. The molecule has 0 fully saturated rings. The fraction of sp³-hybridized carbons (Fsp3) is 0.188. The lowest BCUT2D eigenvalue weighted by Crippen LogP contribution is -1.94. The Morgan fingerprint density at radius 2 is 2.32 bits per heavy atom. The van der Waals surface area contributed by atoms with Crippen LogP contribution in [0.1, 0.15) is 27.3 Å². The number of aromatic nitrogens is 2. The van der Waals surface area contributed by atoms with Gasteiger partial charge < -0.3 is 10.1 Å². The summed E-state index contributed by atoms with van der Waals surface area (Å²) in [7, 11) is 0. The van der Waals surface area contributed by atoms with Crippen LogP contribution in [0, 0.1) is 18.3 Å². The SMILES string of the molecule is Cc1nc(-c2ccc3[nH]cc(CCC#N)c3c2)sc1C(=O)O. The Morgan fingerprint density at radius 3 is 3.00 bits per heavy atom. The van der Waals surface area contributed by atoms with Crippen LogP contribution < -0.4 is 0 Å². The standard InChI is InChI=1S/C16H13N3O2S/c1-9-14(16(20)21)22-15(19-9)10-4-5-13-12(7-10)11(8-18-13)3-2-6-17/h4-5,7-8,18H,2-3H2,1H3,(H,20,21). The molecule has 3 rings (SSSR count). The largest absolute Gasteiger partial charge is 0.477 e. The first-order valence-corrected chi connectivity index (χ1v) is 7.60. The maximum absolute atomic E-state index is 11.1. The van der Waals surface area contributed by atoms with E-state index in [-0.39, 0.29) is 4.88 Å². The summed E-state index contributed by atoms with van der Waals surface area (Å²) in [5.74, 6) is -0.946. The molecule has 2 aromatic heterocycles. The van der Waals surface area contributed by atoms with E-state index < -0.39 is 5.97 Å². The van der Waals surface area contributed by atoms with Gasteiger partial charge in [0.15, 0.2) is 0 Å². The number of hydrogen-bond donors (Lipinski definition) is 2. The summed E-state index contributed by atoms with van der Waals surface area (Å²) in [4.78, 5) is 19.0. The van der Waals surface area contributed by atoms with Gasteiger partial charge in [0.1, 0.15) is 9.88 Å². The van der Waals surface area contributed by atoms with Gasteiger partial charge >= 0.3 is 5.97 Å². The molecule has 6 heteroatoms. The molecule has 0 bridgehead atoms. The maximum Gasteiger partial charge on any atom is 0.347 e. The van der Waals surface area contributed by atoms with Crippen LogP contribution in [0.25, 0.3) is 21.5 Å². The van der Waals surface area contributed by atoms with Crippen molar-refractivity contribution in [2.75, 3.05) is 0 Å². The number of nitrogens with one attached hydrogen (secondary N) is 1. The molecule has 0 aliphatic carbocycles. The zero-order chi connectivity index (χ0) is 15.7. The molecule has 0 unspecified atom stereocenters. The summed E-state index contributed by atoms with van der Waals surface area (Å²) in [5, 5.41) is 19.6. The third-order valence-corrected chi connectivity index (χ3v) is 4.71. The molecular formula is C16H13N3O2S. The van der Waals surface area contributed by atoms with Crippen molar-refractivity contribution in [2.24, 2.45) is 0 Å². The van der Waals surface area contributed by atoms with E-state index in [0.717, 1.165) is 22.0 Å². The highest BCUT2D eigenvalue weighted by Gasteiger charge is 2.15. The van der Waals surface area contributed by atoms with Gasteiger partial charge in [-0.25, -0.2) is 9.78 Å². The van der Waals surface area contributed by atoms with Crippen LogP contribution in [0.4, 0.5) is 0 Å². The van der Waals surface area contributed by atoms with Crippen molar-refractivity contribution >= 4 is 28.2 Å². The van der Waals surface area contributed by atoms with E-state index in [4.69, 9.17) is 10.4 Å². The topological polar surface area (TPSA) is 89.8 Å². The minimum absolute atomic E-state index is 0.272. The number of aromatic amines is 1. The number of hydrogen-bond acceptors (Lipinski definition) is 4. The minimum atomic E-state index is -0.946. The number of aromatic carboxylic acids is 1. The minimum Gasteiger partial charge on any atom is -0.477 e. The van der Waals surface area contributed by atoms with Gasteiger partial charge in [0, 0.05) is 29.1 Å². The second-order valence-electron chi connectivity index (χ2n) is 4.97. The van der Waals surface area contributed by atoms with Crippen molar-refractivity contribution in [3.63, 3.8) is 0 Å². The van der Waals surface area contributed by atoms with Gasteiger partial charge in [0.25, 0.3) is 0 Å². The second-order valence-corrected chi connectivity index (χ2v) is 5.97. The average Bonchev–Trinajstić information content (AvgIpc) is 3.08. The van der Waals surface area contributed by atoms with Crippen LogP contribution in [-0.2, 0) is 6.42 Å². The zero-order valence-electron chi connectivity index (χ0n) is 11.9. The van der Waals surface area contributed by atoms with Crippen molar-refractivity contribution in [2.45, 2.75) is 19.8 Å². The van der Waals surface area contributed by atoms with Crippen molar-refractivity contribution in [3.8, 4) is 16.6 Å². The molecule has 0 saturated heterocycles.